The van der Waals surface area contributed by atoms with Gasteiger partial charge in [-0.2, -0.15) is 0 Å². The largest absolute Gasteiger partial charge is 0.497 e. The van der Waals surface area contributed by atoms with Gasteiger partial charge in [-0.05, 0) is 7.05 Å². The molecule has 0 unspecified atom stereocenters. The number of likely N-dealkylation sites (N-methyl/N-ethyl adjacent to an activating group) is 1. The van der Waals surface area contributed by atoms with Crippen LogP contribution in [0.4, 0.5) is 0 Å². The van der Waals surface area contributed by atoms with Crippen LogP contribution in [0.15, 0.2) is 23.1 Å². The van der Waals surface area contributed by atoms with E-state index >= 15 is 0 Å². The van der Waals surface area contributed by atoms with Crippen molar-refractivity contribution in [3.05, 3.63) is 18.2 Å². The predicted molar refractivity (Wildman–Crippen MR) is 75.9 cm³/mol. The summed E-state index contributed by atoms with van der Waals surface area (Å²) in [4.78, 5) is 0.120. The second-order valence-corrected chi connectivity index (χ2v) is 5.32. The molecule has 110 valence electrons. The molecule has 0 heterocycles. The van der Waals surface area contributed by atoms with Gasteiger partial charge in [0, 0.05) is 31.3 Å². The fraction of sp³-hybridized carbons (Fsp3) is 0.455. The molecule has 19 heavy (non-hydrogen) atoms. The Balaban J connectivity index is 0.00000324. The second kappa shape index (κ2) is 8.21. The molecular weight excluding hydrogens is 292 g/mol. The van der Waals surface area contributed by atoms with Gasteiger partial charge in [0.05, 0.1) is 19.1 Å². The summed E-state index contributed by atoms with van der Waals surface area (Å²) in [6, 6.07) is 4.51. The summed E-state index contributed by atoms with van der Waals surface area (Å²) in [6.45, 7) is 0.874. The first kappa shape index (κ1) is 18.0. The Morgan fingerprint density at radius 2 is 1.58 bits per heavy atom. The summed E-state index contributed by atoms with van der Waals surface area (Å²) in [5.41, 5.74) is 0. The number of benzene rings is 1. The van der Waals surface area contributed by atoms with Crippen LogP contribution in [0.25, 0.3) is 0 Å². The number of sulfonamides is 1. The van der Waals surface area contributed by atoms with E-state index in [1.165, 1.54) is 26.4 Å². The van der Waals surface area contributed by atoms with Crippen LogP contribution in [0, 0.1) is 0 Å². The van der Waals surface area contributed by atoms with Crippen LogP contribution in [-0.4, -0.2) is 42.8 Å². The van der Waals surface area contributed by atoms with E-state index in [0.717, 1.165) is 0 Å². The molecule has 0 fully saturated rings. The van der Waals surface area contributed by atoms with Crippen molar-refractivity contribution in [3.63, 3.8) is 0 Å². The lowest BCUT2D eigenvalue weighted by molar-refractivity contribution is 0.392. The van der Waals surface area contributed by atoms with Crippen LogP contribution in [-0.2, 0) is 10.0 Å². The van der Waals surface area contributed by atoms with Crippen molar-refractivity contribution in [3.8, 4) is 11.5 Å². The van der Waals surface area contributed by atoms with Gasteiger partial charge in [0.15, 0.2) is 0 Å². The summed E-state index contributed by atoms with van der Waals surface area (Å²) < 4.78 is 36.5. The summed E-state index contributed by atoms with van der Waals surface area (Å²) >= 11 is 0. The summed E-state index contributed by atoms with van der Waals surface area (Å²) in [6.07, 6.45) is 0. The normalized spacial score (nSPS) is 10.7. The molecule has 0 aliphatic rings. The van der Waals surface area contributed by atoms with Gasteiger partial charge >= 0.3 is 0 Å². The highest BCUT2D eigenvalue weighted by Crippen LogP contribution is 2.25. The number of hydrogen-bond donors (Lipinski definition) is 2. The maximum Gasteiger partial charge on any atom is 0.240 e. The van der Waals surface area contributed by atoms with E-state index in [-0.39, 0.29) is 17.3 Å². The second-order valence-electron chi connectivity index (χ2n) is 3.55. The maximum atomic E-state index is 12.0. The number of rotatable bonds is 7. The molecule has 0 amide bonds. The minimum Gasteiger partial charge on any atom is -0.497 e. The highest BCUT2D eigenvalue weighted by atomic mass is 35.5. The van der Waals surface area contributed by atoms with E-state index in [2.05, 4.69) is 10.0 Å². The molecule has 1 aromatic rings. The number of halogens is 1. The molecule has 6 nitrogen and oxygen atoms in total. The lowest BCUT2D eigenvalue weighted by atomic mass is 10.3. The van der Waals surface area contributed by atoms with Gasteiger partial charge in [0.25, 0.3) is 0 Å². The third-order valence-corrected chi connectivity index (χ3v) is 3.74. The topological polar surface area (TPSA) is 76.7 Å². The number of ether oxygens (including phenoxy) is 2. The van der Waals surface area contributed by atoms with Crippen LogP contribution >= 0.6 is 12.4 Å². The highest BCUT2D eigenvalue weighted by molar-refractivity contribution is 7.89. The molecule has 2 N–H and O–H groups in total. The van der Waals surface area contributed by atoms with Gasteiger partial charge in [-0.15, -0.1) is 12.4 Å². The third kappa shape index (κ3) is 5.23. The SMILES string of the molecule is CNCCNS(=O)(=O)c1cc(OC)cc(OC)c1.Cl. The van der Waals surface area contributed by atoms with Crippen molar-refractivity contribution in [2.45, 2.75) is 4.90 Å². The average Bonchev–Trinajstić information content (AvgIpc) is 2.38. The van der Waals surface area contributed by atoms with E-state index in [1.54, 1.807) is 13.1 Å². The van der Waals surface area contributed by atoms with E-state index < -0.39 is 10.0 Å². The fourth-order valence-electron chi connectivity index (χ4n) is 1.33. The predicted octanol–water partition coefficient (Wildman–Crippen LogP) is 0.623. The van der Waals surface area contributed by atoms with Gasteiger partial charge in [-0.25, -0.2) is 13.1 Å². The molecule has 0 bridgehead atoms. The van der Waals surface area contributed by atoms with Crippen molar-refractivity contribution < 1.29 is 17.9 Å². The molecule has 0 saturated heterocycles. The smallest absolute Gasteiger partial charge is 0.240 e. The van der Waals surface area contributed by atoms with Crippen molar-refractivity contribution in [1.29, 1.82) is 0 Å². The number of nitrogens with one attached hydrogen (secondary N) is 2. The van der Waals surface area contributed by atoms with Crippen LogP contribution in [0.1, 0.15) is 0 Å². The maximum absolute atomic E-state index is 12.0. The zero-order chi connectivity index (χ0) is 13.6. The highest BCUT2D eigenvalue weighted by Gasteiger charge is 2.15. The Morgan fingerprint density at radius 1 is 1.05 bits per heavy atom. The zero-order valence-electron chi connectivity index (χ0n) is 11.1. The van der Waals surface area contributed by atoms with Crippen molar-refractivity contribution in [2.24, 2.45) is 0 Å². The lowest BCUT2D eigenvalue weighted by Gasteiger charge is -2.10. The summed E-state index contributed by atoms with van der Waals surface area (Å²) in [7, 11) is 1.15. The minimum absolute atomic E-state index is 0. The van der Waals surface area contributed by atoms with E-state index in [1.807, 2.05) is 0 Å². The first-order valence-electron chi connectivity index (χ1n) is 5.41. The molecule has 1 rings (SSSR count). The quantitative estimate of drug-likeness (QED) is 0.722. The van der Waals surface area contributed by atoms with Crippen molar-refractivity contribution in [2.75, 3.05) is 34.4 Å². The molecule has 0 spiro atoms. The number of methoxy groups -OCH3 is 2. The monoisotopic (exact) mass is 310 g/mol. The van der Waals surface area contributed by atoms with E-state index in [4.69, 9.17) is 9.47 Å². The van der Waals surface area contributed by atoms with Crippen molar-refractivity contribution in [1.82, 2.24) is 10.0 Å². The van der Waals surface area contributed by atoms with Crippen LogP contribution in [0.5, 0.6) is 11.5 Å². The molecule has 1 aromatic carbocycles. The Morgan fingerprint density at radius 3 is 2.00 bits per heavy atom. The van der Waals surface area contributed by atoms with Gasteiger partial charge in [0.1, 0.15) is 11.5 Å². The lowest BCUT2D eigenvalue weighted by Crippen LogP contribution is -2.30. The molecule has 0 radical (unpaired) electrons. The molecule has 0 atom stereocenters. The molecule has 0 aliphatic heterocycles. The Labute approximate surface area is 119 Å². The van der Waals surface area contributed by atoms with Gasteiger partial charge in [-0.1, -0.05) is 0 Å². The Hall–Kier alpha value is -1.02. The first-order chi connectivity index (χ1) is 8.53. The van der Waals surface area contributed by atoms with Gasteiger partial charge < -0.3 is 14.8 Å². The van der Waals surface area contributed by atoms with E-state index in [0.29, 0.717) is 24.6 Å². The summed E-state index contributed by atoms with van der Waals surface area (Å²) in [5, 5.41) is 2.86. The Kier molecular flexibility index (Phi) is 7.77. The standard InChI is InChI=1S/C11H18N2O4S.ClH/c1-12-4-5-13-18(14,15)11-7-9(16-2)6-10(8-11)17-3;/h6-8,12-13H,4-5H2,1-3H3;1H. The molecule has 0 aliphatic carbocycles. The molecule has 0 aromatic heterocycles. The average molecular weight is 311 g/mol. The summed E-state index contributed by atoms with van der Waals surface area (Å²) in [5.74, 6) is 0.867. The van der Waals surface area contributed by atoms with Crippen LogP contribution in [0.2, 0.25) is 0 Å². The van der Waals surface area contributed by atoms with E-state index in [9.17, 15) is 8.42 Å². The fourth-order valence-corrected chi connectivity index (χ4v) is 2.41. The van der Waals surface area contributed by atoms with Crippen molar-refractivity contribution >= 4 is 22.4 Å². The van der Waals surface area contributed by atoms with Gasteiger partial charge in [0.2, 0.25) is 10.0 Å². The molecule has 0 saturated carbocycles. The third-order valence-electron chi connectivity index (χ3n) is 2.30. The van der Waals surface area contributed by atoms with Crippen LogP contribution in [0.3, 0.4) is 0 Å². The van der Waals surface area contributed by atoms with Crippen LogP contribution < -0.4 is 19.5 Å². The van der Waals surface area contributed by atoms with Gasteiger partial charge in [-0.3, -0.25) is 0 Å². The number of hydrogen-bond acceptors (Lipinski definition) is 5. The molecular formula is C11H19ClN2O4S. The molecule has 8 heteroatoms. The minimum atomic E-state index is -3.55. The zero-order valence-corrected chi connectivity index (χ0v) is 12.7. The first-order valence-corrected chi connectivity index (χ1v) is 6.89. The Bertz CT molecular complexity index is 471.